The van der Waals surface area contributed by atoms with Gasteiger partial charge in [0.25, 0.3) is 0 Å². The van der Waals surface area contributed by atoms with E-state index in [0.717, 1.165) is 12.5 Å². The van der Waals surface area contributed by atoms with Crippen molar-refractivity contribution in [1.29, 1.82) is 0 Å². The first-order valence-corrected chi connectivity index (χ1v) is 10.8. The molecule has 3 rings (SSSR count). The molecule has 0 bridgehead atoms. The minimum Gasteiger partial charge on any atom is -0.493 e. The fourth-order valence-electron chi connectivity index (χ4n) is 3.31. The molecule has 0 aliphatic heterocycles. The Bertz CT molecular complexity index is 1140. The zero-order valence-electron chi connectivity index (χ0n) is 19.3. The highest BCUT2D eigenvalue weighted by Gasteiger charge is 2.21. The van der Waals surface area contributed by atoms with Gasteiger partial charge in [-0.15, -0.1) is 0 Å². The molecule has 0 radical (unpaired) electrons. The van der Waals surface area contributed by atoms with E-state index in [9.17, 15) is 14.4 Å². The third-order valence-corrected chi connectivity index (χ3v) is 5.22. The van der Waals surface area contributed by atoms with Crippen molar-refractivity contribution in [3.8, 4) is 17.2 Å². The molecule has 0 N–H and O–H groups in total. The summed E-state index contributed by atoms with van der Waals surface area (Å²) in [4.78, 5) is 36.5. The van der Waals surface area contributed by atoms with Crippen LogP contribution in [0.25, 0.3) is 0 Å². The summed E-state index contributed by atoms with van der Waals surface area (Å²) in [5.41, 5.74) is 1.76. The van der Waals surface area contributed by atoms with Gasteiger partial charge in [0, 0.05) is 12.0 Å². The molecule has 1 aliphatic rings. The van der Waals surface area contributed by atoms with Crippen LogP contribution in [0.5, 0.6) is 17.2 Å². The Morgan fingerprint density at radius 1 is 0.971 bits per heavy atom. The first-order valence-electron chi connectivity index (χ1n) is 10.8. The average molecular weight is 462 g/mol. The van der Waals surface area contributed by atoms with E-state index in [1.54, 1.807) is 0 Å². The molecule has 34 heavy (non-hydrogen) atoms. The molecule has 0 saturated heterocycles. The third-order valence-electron chi connectivity index (χ3n) is 5.22. The summed E-state index contributed by atoms with van der Waals surface area (Å²) in [6.45, 7) is 7.42. The minimum atomic E-state index is -0.650. The van der Waals surface area contributed by atoms with Crippen LogP contribution in [0.1, 0.15) is 41.0 Å². The van der Waals surface area contributed by atoms with E-state index in [1.165, 1.54) is 55.1 Å². The maximum Gasteiger partial charge on any atom is 0.343 e. The fourth-order valence-corrected chi connectivity index (χ4v) is 3.31. The van der Waals surface area contributed by atoms with E-state index in [-0.39, 0.29) is 34.8 Å². The molecule has 2 unspecified atom stereocenters. The molecule has 2 atom stereocenters. The molecule has 7 heteroatoms. The van der Waals surface area contributed by atoms with Gasteiger partial charge in [0.2, 0.25) is 0 Å². The van der Waals surface area contributed by atoms with Gasteiger partial charge in [-0.3, -0.25) is 0 Å². The summed E-state index contributed by atoms with van der Waals surface area (Å²) in [7, 11) is 1.39. The van der Waals surface area contributed by atoms with Crippen LogP contribution in [0, 0.1) is 5.92 Å². The fraction of sp³-hybridized carbons (Fsp3) is 0.222. The summed E-state index contributed by atoms with van der Waals surface area (Å²) in [5.74, 6) is -1.07. The number of benzene rings is 2. The van der Waals surface area contributed by atoms with Crippen molar-refractivity contribution in [2.75, 3.05) is 7.11 Å². The van der Waals surface area contributed by atoms with Gasteiger partial charge in [0.1, 0.15) is 11.9 Å². The van der Waals surface area contributed by atoms with E-state index in [2.05, 4.69) is 19.6 Å². The summed E-state index contributed by atoms with van der Waals surface area (Å²) >= 11 is 0. The molecule has 0 spiro atoms. The zero-order valence-corrected chi connectivity index (χ0v) is 19.3. The van der Waals surface area contributed by atoms with Gasteiger partial charge in [-0.25, -0.2) is 14.4 Å². The van der Waals surface area contributed by atoms with Crippen LogP contribution in [0.3, 0.4) is 0 Å². The van der Waals surface area contributed by atoms with E-state index in [1.807, 2.05) is 19.1 Å². The molecular weight excluding hydrogens is 436 g/mol. The van der Waals surface area contributed by atoms with Gasteiger partial charge >= 0.3 is 17.9 Å². The SMILES string of the molecule is C=CC(=O)Oc1ccc(C(=O)Oc2ccc(C(=O)OC3C=CC(CC)=CC3C)cc2)cc1OC. The molecule has 176 valence electrons. The van der Waals surface area contributed by atoms with E-state index in [4.69, 9.17) is 18.9 Å². The van der Waals surface area contributed by atoms with Gasteiger partial charge < -0.3 is 18.9 Å². The molecule has 0 aromatic heterocycles. The third kappa shape index (κ3) is 6.01. The lowest BCUT2D eigenvalue weighted by Gasteiger charge is -2.23. The van der Waals surface area contributed by atoms with Crippen molar-refractivity contribution in [2.45, 2.75) is 26.4 Å². The average Bonchev–Trinajstić information content (AvgIpc) is 2.85. The molecule has 2 aromatic carbocycles. The van der Waals surface area contributed by atoms with Crippen LogP contribution in [0.4, 0.5) is 0 Å². The smallest absolute Gasteiger partial charge is 0.343 e. The van der Waals surface area contributed by atoms with E-state index < -0.39 is 17.9 Å². The van der Waals surface area contributed by atoms with E-state index >= 15 is 0 Å². The second-order valence-electron chi connectivity index (χ2n) is 7.59. The standard InChI is InChI=1S/C27H26O7/c1-5-18-7-13-22(17(3)15-18)34-26(29)19-8-11-21(12-9-19)32-27(30)20-10-14-23(24(16-20)31-4)33-25(28)6-2/h6-17,22H,2,5H2,1,3-4H3. The van der Waals surface area contributed by atoms with Gasteiger partial charge in [-0.05, 0) is 55.0 Å². The minimum absolute atomic E-state index is 0.0906. The predicted octanol–water partition coefficient (Wildman–Crippen LogP) is 5.07. The van der Waals surface area contributed by atoms with Crippen LogP contribution in [-0.4, -0.2) is 31.1 Å². The molecular formula is C27H26O7. The highest BCUT2D eigenvalue weighted by Crippen LogP contribution is 2.29. The van der Waals surface area contributed by atoms with E-state index in [0.29, 0.717) is 5.56 Å². The largest absolute Gasteiger partial charge is 0.493 e. The first-order chi connectivity index (χ1) is 16.3. The molecule has 7 nitrogen and oxygen atoms in total. The Labute approximate surface area is 198 Å². The van der Waals surface area contributed by atoms with Gasteiger partial charge in [-0.1, -0.05) is 38.2 Å². The van der Waals surface area contributed by atoms with Crippen molar-refractivity contribution in [2.24, 2.45) is 5.92 Å². The maximum absolute atomic E-state index is 12.5. The summed E-state index contributed by atoms with van der Waals surface area (Å²) in [5, 5.41) is 0. The van der Waals surface area contributed by atoms with Crippen molar-refractivity contribution >= 4 is 17.9 Å². The highest BCUT2D eigenvalue weighted by atomic mass is 16.6. The Kier molecular flexibility index (Phi) is 8.03. The van der Waals surface area contributed by atoms with Crippen molar-refractivity contribution < 1.29 is 33.3 Å². The number of hydrogen-bond acceptors (Lipinski definition) is 7. The van der Waals surface area contributed by atoms with Crippen LogP contribution >= 0.6 is 0 Å². The number of ether oxygens (including phenoxy) is 4. The number of hydrogen-bond donors (Lipinski definition) is 0. The van der Waals surface area contributed by atoms with Crippen LogP contribution < -0.4 is 14.2 Å². The van der Waals surface area contributed by atoms with Crippen LogP contribution in [-0.2, 0) is 9.53 Å². The van der Waals surface area contributed by atoms with Gasteiger partial charge in [0.15, 0.2) is 11.5 Å². The quantitative estimate of drug-likeness (QED) is 0.307. The number of carbonyl (C=O) groups excluding carboxylic acids is 3. The molecule has 0 saturated carbocycles. The Morgan fingerprint density at radius 3 is 2.29 bits per heavy atom. The van der Waals surface area contributed by atoms with Crippen molar-refractivity contribution in [3.05, 3.63) is 90.0 Å². The summed E-state index contributed by atoms with van der Waals surface area (Å²) in [6, 6.07) is 10.4. The highest BCUT2D eigenvalue weighted by molar-refractivity contribution is 5.93. The Hall–Kier alpha value is -4.13. The summed E-state index contributed by atoms with van der Waals surface area (Å²) in [6.07, 6.45) is 7.60. The molecule has 0 amide bonds. The normalized spacial score (nSPS) is 16.7. The second kappa shape index (κ2) is 11.1. The number of rotatable bonds is 8. The Balaban J connectivity index is 1.63. The lowest BCUT2D eigenvalue weighted by molar-refractivity contribution is -0.129. The first kappa shape index (κ1) is 24.5. The topological polar surface area (TPSA) is 88.1 Å². The number of carbonyl (C=O) groups is 3. The number of methoxy groups -OCH3 is 1. The van der Waals surface area contributed by atoms with Crippen molar-refractivity contribution in [3.63, 3.8) is 0 Å². The molecule has 1 aliphatic carbocycles. The van der Waals surface area contributed by atoms with Crippen LogP contribution in [0.2, 0.25) is 0 Å². The second-order valence-corrected chi connectivity index (χ2v) is 7.59. The molecule has 2 aromatic rings. The molecule has 0 heterocycles. The monoisotopic (exact) mass is 462 g/mol. The van der Waals surface area contributed by atoms with Gasteiger partial charge in [-0.2, -0.15) is 0 Å². The van der Waals surface area contributed by atoms with Gasteiger partial charge in [0.05, 0.1) is 18.2 Å². The molecule has 0 fully saturated rings. The zero-order chi connectivity index (χ0) is 24.7. The lowest BCUT2D eigenvalue weighted by atomic mass is 9.94. The number of esters is 3. The Morgan fingerprint density at radius 2 is 1.68 bits per heavy atom. The lowest BCUT2D eigenvalue weighted by Crippen LogP contribution is -2.24. The van der Waals surface area contributed by atoms with Crippen LogP contribution in [0.15, 0.2) is 78.9 Å². The number of allylic oxidation sites excluding steroid dienone is 2. The van der Waals surface area contributed by atoms with Crippen molar-refractivity contribution in [1.82, 2.24) is 0 Å². The summed E-state index contributed by atoms with van der Waals surface area (Å²) < 4.78 is 21.2. The predicted molar refractivity (Wildman–Crippen MR) is 126 cm³/mol. The maximum atomic E-state index is 12.5.